The topological polar surface area (TPSA) is 47.6 Å². The smallest absolute Gasteiger partial charge is 0.251 e. The Kier molecular flexibility index (Phi) is 5.61. The van der Waals surface area contributed by atoms with E-state index in [2.05, 4.69) is 17.4 Å². The Morgan fingerprint density at radius 3 is 2.56 bits per heavy atom. The minimum atomic E-state index is -0.133. The van der Waals surface area contributed by atoms with Gasteiger partial charge in [0.1, 0.15) is 5.75 Å². The van der Waals surface area contributed by atoms with Crippen LogP contribution < -0.4 is 10.1 Å². The summed E-state index contributed by atoms with van der Waals surface area (Å²) in [4.78, 5) is 12.6. The molecule has 5 heteroatoms. The minimum absolute atomic E-state index is 0.0918. The van der Waals surface area contributed by atoms with Crippen molar-refractivity contribution in [2.75, 3.05) is 26.9 Å². The van der Waals surface area contributed by atoms with Crippen LogP contribution in [-0.4, -0.2) is 32.8 Å². The molecule has 2 aromatic carbocycles. The maximum Gasteiger partial charge on any atom is 0.251 e. The van der Waals surface area contributed by atoms with E-state index in [0.29, 0.717) is 36.1 Å². The number of amides is 1. The van der Waals surface area contributed by atoms with Crippen molar-refractivity contribution in [2.24, 2.45) is 0 Å². The van der Waals surface area contributed by atoms with Crippen LogP contribution in [0.2, 0.25) is 5.02 Å². The van der Waals surface area contributed by atoms with Crippen molar-refractivity contribution in [1.29, 1.82) is 0 Å². The average Bonchev–Trinajstić information content (AvgIpc) is 2.67. The van der Waals surface area contributed by atoms with E-state index in [9.17, 15) is 4.79 Å². The fraction of sp³-hybridized carbons (Fsp3) is 0.350. The quantitative estimate of drug-likeness (QED) is 0.882. The molecule has 0 atom stereocenters. The van der Waals surface area contributed by atoms with Gasteiger partial charge in [-0.05, 0) is 36.6 Å². The standard InChI is InChI=1S/C20H22ClNO3/c1-24-18-8-7-15(13-17(18)21)19(23)22-14-20(9-11-25-12-10-20)16-5-3-2-4-6-16/h2-8,13H,9-12,14H2,1H3,(H,22,23). The first-order chi connectivity index (χ1) is 12.1. The molecule has 1 aliphatic rings. The van der Waals surface area contributed by atoms with Crippen molar-refractivity contribution in [2.45, 2.75) is 18.3 Å². The molecule has 0 aromatic heterocycles. The van der Waals surface area contributed by atoms with Crippen LogP contribution in [0, 0.1) is 0 Å². The monoisotopic (exact) mass is 359 g/mol. The van der Waals surface area contributed by atoms with Crippen LogP contribution in [0.4, 0.5) is 0 Å². The highest BCUT2D eigenvalue weighted by Gasteiger charge is 2.34. The Morgan fingerprint density at radius 2 is 1.92 bits per heavy atom. The van der Waals surface area contributed by atoms with Gasteiger partial charge in [-0.25, -0.2) is 0 Å². The lowest BCUT2D eigenvalue weighted by molar-refractivity contribution is 0.0487. The highest BCUT2D eigenvalue weighted by Crippen LogP contribution is 2.34. The van der Waals surface area contributed by atoms with E-state index < -0.39 is 0 Å². The summed E-state index contributed by atoms with van der Waals surface area (Å²) >= 11 is 6.12. The predicted octanol–water partition coefficient (Wildman–Crippen LogP) is 3.83. The molecule has 3 rings (SSSR count). The zero-order valence-electron chi connectivity index (χ0n) is 14.3. The number of ether oxygens (including phenoxy) is 2. The Balaban J connectivity index is 1.75. The molecule has 1 saturated heterocycles. The predicted molar refractivity (Wildman–Crippen MR) is 98.5 cm³/mol. The second-order valence-electron chi connectivity index (χ2n) is 6.29. The van der Waals surface area contributed by atoms with Crippen LogP contribution in [0.1, 0.15) is 28.8 Å². The molecule has 1 heterocycles. The normalized spacial score (nSPS) is 16.2. The fourth-order valence-corrected chi connectivity index (χ4v) is 3.54. The zero-order chi connectivity index (χ0) is 17.7. The van der Waals surface area contributed by atoms with E-state index in [4.69, 9.17) is 21.1 Å². The summed E-state index contributed by atoms with van der Waals surface area (Å²) in [5.74, 6) is 0.426. The molecule has 0 aliphatic carbocycles. The molecule has 2 aromatic rings. The van der Waals surface area contributed by atoms with E-state index >= 15 is 0 Å². The Morgan fingerprint density at radius 1 is 1.20 bits per heavy atom. The van der Waals surface area contributed by atoms with Crippen molar-refractivity contribution in [1.82, 2.24) is 5.32 Å². The van der Waals surface area contributed by atoms with Gasteiger partial charge in [0.25, 0.3) is 5.91 Å². The largest absolute Gasteiger partial charge is 0.495 e. The third-order valence-corrected chi connectivity index (χ3v) is 5.13. The van der Waals surface area contributed by atoms with Crippen LogP contribution >= 0.6 is 11.6 Å². The molecule has 0 unspecified atom stereocenters. The summed E-state index contributed by atoms with van der Waals surface area (Å²) < 4.78 is 10.7. The Hall–Kier alpha value is -2.04. The fourth-order valence-electron chi connectivity index (χ4n) is 3.28. The van der Waals surface area contributed by atoms with Crippen LogP contribution in [-0.2, 0) is 10.2 Å². The average molecular weight is 360 g/mol. The molecule has 1 amide bonds. The van der Waals surface area contributed by atoms with Gasteiger partial charge in [0.2, 0.25) is 0 Å². The molecular weight excluding hydrogens is 338 g/mol. The van der Waals surface area contributed by atoms with Crippen molar-refractivity contribution in [3.63, 3.8) is 0 Å². The van der Waals surface area contributed by atoms with Gasteiger partial charge in [-0.2, -0.15) is 0 Å². The van der Waals surface area contributed by atoms with Gasteiger partial charge in [-0.3, -0.25) is 4.79 Å². The van der Waals surface area contributed by atoms with Gasteiger partial charge in [-0.15, -0.1) is 0 Å². The number of halogens is 1. The van der Waals surface area contributed by atoms with Crippen LogP contribution in [0.5, 0.6) is 5.75 Å². The first-order valence-corrected chi connectivity index (χ1v) is 8.77. The summed E-state index contributed by atoms with van der Waals surface area (Å²) in [7, 11) is 1.55. The van der Waals surface area contributed by atoms with Gasteiger partial charge in [0.05, 0.1) is 12.1 Å². The molecular formula is C20H22ClNO3. The highest BCUT2D eigenvalue weighted by molar-refractivity contribution is 6.32. The molecule has 25 heavy (non-hydrogen) atoms. The minimum Gasteiger partial charge on any atom is -0.495 e. The van der Waals surface area contributed by atoms with Gasteiger partial charge in [0.15, 0.2) is 0 Å². The number of benzene rings is 2. The SMILES string of the molecule is COc1ccc(C(=O)NCC2(c3ccccc3)CCOCC2)cc1Cl. The van der Waals surface area contributed by atoms with E-state index in [1.807, 2.05) is 18.2 Å². The maximum absolute atomic E-state index is 12.6. The molecule has 0 radical (unpaired) electrons. The highest BCUT2D eigenvalue weighted by atomic mass is 35.5. The number of carbonyl (C=O) groups is 1. The molecule has 0 spiro atoms. The number of methoxy groups -OCH3 is 1. The molecule has 1 N–H and O–H groups in total. The number of hydrogen-bond donors (Lipinski definition) is 1. The number of carbonyl (C=O) groups excluding carboxylic acids is 1. The lowest BCUT2D eigenvalue weighted by Crippen LogP contribution is -2.44. The summed E-state index contributed by atoms with van der Waals surface area (Å²) in [6.45, 7) is 1.99. The van der Waals surface area contributed by atoms with Crippen LogP contribution in [0.25, 0.3) is 0 Å². The lowest BCUT2D eigenvalue weighted by Gasteiger charge is -2.38. The van der Waals surface area contributed by atoms with Gasteiger partial charge in [0, 0.05) is 30.7 Å². The summed E-state index contributed by atoms with van der Waals surface area (Å²) in [6, 6.07) is 15.4. The van der Waals surface area contributed by atoms with Crippen molar-refractivity contribution >= 4 is 17.5 Å². The van der Waals surface area contributed by atoms with Crippen LogP contribution in [0.15, 0.2) is 48.5 Å². The Bertz CT molecular complexity index is 727. The summed E-state index contributed by atoms with van der Waals surface area (Å²) in [5.41, 5.74) is 1.68. The molecule has 4 nitrogen and oxygen atoms in total. The first-order valence-electron chi connectivity index (χ1n) is 8.40. The first kappa shape index (κ1) is 17.8. The van der Waals surface area contributed by atoms with Crippen LogP contribution in [0.3, 0.4) is 0 Å². The maximum atomic E-state index is 12.6. The zero-order valence-corrected chi connectivity index (χ0v) is 15.0. The van der Waals surface area contributed by atoms with Crippen molar-refractivity contribution < 1.29 is 14.3 Å². The van der Waals surface area contributed by atoms with Gasteiger partial charge in [-0.1, -0.05) is 41.9 Å². The summed E-state index contributed by atoms with van der Waals surface area (Å²) in [5, 5.41) is 3.51. The Labute approximate surface area is 153 Å². The number of hydrogen-bond acceptors (Lipinski definition) is 3. The van der Waals surface area contributed by atoms with E-state index in [-0.39, 0.29) is 11.3 Å². The summed E-state index contributed by atoms with van der Waals surface area (Å²) in [6.07, 6.45) is 1.78. The molecule has 132 valence electrons. The van der Waals surface area contributed by atoms with Gasteiger partial charge >= 0.3 is 0 Å². The third-order valence-electron chi connectivity index (χ3n) is 4.84. The molecule has 0 saturated carbocycles. The van der Waals surface area contributed by atoms with Crippen molar-refractivity contribution in [3.05, 3.63) is 64.7 Å². The molecule has 1 fully saturated rings. The molecule has 1 aliphatic heterocycles. The van der Waals surface area contributed by atoms with Gasteiger partial charge < -0.3 is 14.8 Å². The van der Waals surface area contributed by atoms with E-state index in [0.717, 1.165) is 12.8 Å². The third kappa shape index (κ3) is 3.97. The van der Waals surface area contributed by atoms with E-state index in [1.165, 1.54) is 5.56 Å². The van der Waals surface area contributed by atoms with E-state index in [1.54, 1.807) is 25.3 Å². The lowest BCUT2D eigenvalue weighted by atomic mass is 9.74. The second-order valence-corrected chi connectivity index (χ2v) is 6.70. The van der Waals surface area contributed by atoms with Crippen molar-refractivity contribution in [3.8, 4) is 5.75 Å². The second kappa shape index (κ2) is 7.89. The molecule has 0 bridgehead atoms. The number of rotatable bonds is 5. The number of nitrogens with one attached hydrogen (secondary N) is 1.